The average Bonchev–Trinajstić information content (AvgIpc) is 2.38. The van der Waals surface area contributed by atoms with Gasteiger partial charge in [-0.2, -0.15) is 5.26 Å². The highest BCUT2D eigenvalue weighted by molar-refractivity contribution is 9.10. The van der Waals surface area contributed by atoms with Crippen LogP contribution in [0.15, 0.2) is 22.7 Å². The number of piperazine rings is 1. The van der Waals surface area contributed by atoms with Crippen molar-refractivity contribution in [2.24, 2.45) is 0 Å². The summed E-state index contributed by atoms with van der Waals surface area (Å²) in [6.07, 6.45) is -0.883. The van der Waals surface area contributed by atoms with E-state index in [1.54, 1.807) is 6.07 Å². The summed E-state index contributed by atoms with van der Waals surface area (Å²) in [6.45, 7) is 2.16. The molecule has 5 nitrogen and oxygen atoms in total. The van der Waals surface area contributed by atoms with Crippen LogP contribution in [0, 0.1) is 11.3 Å². The molecule has 1 amide bonds. The van der Waals surface area contributed by atoms with Crippen LogP contribution < -0.4 is 4.90 Å². The number of hydrogen-bond donors (Lipinski definition) is 1. The highest BCUT2D eigenvalue weighted by Gasteiger charge is 2.21. The normalized spacial score (nSPS) is 15.3. The molecule has 1 aliphatic rings. The van der Waals surface area contributed by atoms with E-state index >= 15 is 0 Å². The number of halogens is 1. The average molecular weight is 310 g/mol. The lowest BCUT2D eigenvalue weighted by atomic mass is 10.1. The van der Waals surface area contributed by atoms with Crippen molar-refractivity contribution in [2.45, 2.75) is 0 Å². The summed E-state index contributed by atoms with van der Waals surface area (Å²) in [7, 11) is 0. The maximum atomic E-state index is 10.8. The van der Waals surface area contributed by atoms with Gasteiger partial charge in [0, 0.05) is 30.7 Å². The Bertz CT molecular complexity index is 505. The minimum atomic E-state index is -0.883. The van der Waals surface area contributed by atoms with Crippen LogP contribution in [0.1, 0.15) is 5.56 Å². The van der Waals surface area contributed by atoms with Crippen molar-refractivity contribution in [1.82, 2.24) is 4.90 Å². The molecule has 6 heteroatoms. The van der Waals surface area contributed by atoms with E-state index in [-0.39, 0.29) is 0 Å². The smallest absolute Gasteiger partial charge is 0.407 e. The molecule has 1 aromatic rings. The Labute approximate surface area is 113 Å². The van der Waals surface area contributed by atoms with Crippen molar-refractivity contribution in [3.05, 3.63) is 28.2 Å². The van der Waals surface area contributed by atoms with Crippen LogP contribution in [0.3, 0.4) is 0 Å². The van der Waals surface area contributed by atoms with Crippen LogP contribution in [0.4, 0.5) is 10.5 Å². The summed E-state index contributed by atoms with van der Waals surface area (Å²) in [4.78, 5) is 14.3. The third kappa shape index (κ3) is 2.57. The number of carboxylic acid groups (broad SMARTS) is 1. The van der Waals surface area contributed by atoms with Gasteiger partial charge in [0.15, 0.2) is 0 Å². The number of benzene rings is 1. The molecule has 0 radical (unpaired) electrons. The molecule has 0 unspecified atom stereocenters. The molecule has 1 N–H and O–H groups in total. The van der Waals surface area contributed by atoms with Crippen LogP contribution in [-0.4, -0.2) is 42.3 Å². The molecular formula is C12H12BrN3O2. The summed E-state index contributed by atoms with van der Waals surface area (Å²) in [5.41, 5.74) is 1.47. The van der Waals surface area contributed by atoms with Gasteiger partial charge in [0.1, 0.15) is 6.07 Å². The van der Waals surface area contributed by atoms with Gasteiger partial charge in [-0.1, -0.05) is 15.9 Å². The SMILES string of the molecule is N#Cc1cc(Br)ccc1N1CCN(C(=O)O)CC1. The summed E-state index contributed by atoms with van der Waals surface area (Å²) >= 11 is 3.33. The van der Waals surface area contributed by atoms with Crippen LogP contribution in [0.5, 0.6) is 0 Å². The third-order valence-electron chi connectivity index (χ3n) is 2.97. The summed E-state index contributed by atoms with van der Waals surface area (Å²) in [5, 5.41) is 18.0. The molecular weight excluding hydrogens is 298 g/mol. The van der Waals surface area contributed by atoms with Gasteiger partial charge in [-0.25, -0.2) is 4.79 Å². The number of nitrogens with zero attached hydrogens (tertiary/aromatic N) is 3. The van der Waals surface area contributed by atoms with Crippen molar-refractivity contribution < 1.29 is 9.90 Å². The Morgan fingerprint density at radius 1 is 1.33 bits per heavy atom. The fraction of sp³-hybridized carbons (Fsp3) is 0.333. The lowest BCUT2D eigenvalue weighted by Crippen LogP contribution is -2.48. The predicted molar refractivity (Wildman–Crippen MR) is 70.7 cm³/mol. The number of carbonyl (C=O) groups is 1. The quantitative estimate of drug-likeness (QED) is 0.863. The largest absolute Gasteiger partial charge is 0.465 e. The fourth-order valence-corrected chi connectivity index (χ4v) is 2.37. The third-order valence-corrected chi connectivity index (χ3v) is 3.46. The van der Waals surface area contributed by atoms with Gasteiger partial charge in [0.2, 0.25) is 0 Å². The van der Waals surface area contributed by atoms with Gasteiger partial charge in [0.25, 0.3) is 0 Å². The topological polar surface area (TPSA) is 67.6 Å². The molecule has 2 rings (SSSR count). The monoisotopic (exact) mass is 309 g/mol. The van der Waals surface area contributed by atoms with Crippen molar-refractivity contribution in [3.8, 4) is 6.07 Å². The first-order valence-corrected chi connectivity index (χ1v) is 6.33. The number of nitriles is 1. The van der Waals surface area contributed by atoms with E-state index in [1.807, 2.05) is 17.0 Å². The van der Waals surface area contributed by atoms with Gasteiger partial charge in [-0.05, 0) is 18.2 Å². The number of rotatable bonds is 1. The summed E-state index contributed by atoms with van der Waals surface area (Å²) in [6, 6.07) is 7.72. The highest BCUT2D eigenvalue weighted by Crippen LogP contribution is 2.25. The van der Waals surface area contributed by atoms with E-state index in [0.29, 0.717) is 31.7 Å². The molecule has 1 aliphatic heterocycles. The maximum absolute atomic E-state index is 10.8. The van der Waals surface area contributed by atoms with Crippen molar-refractivity contribution in [3.63, 3.8) is 0 Å². The van der Waals surface area contributed by atoms with Gasteiger partial charge >= 0.3 is 6.09 Å². The highest BCUT2D eigenvalue weighted by atomic mass is 79.9. The predicted octanol–water partition coefficient (Wildman–Crippen LogP) is 2.12. The molecule has 18 heavy (non-hydrogen) atoms. The van der Waals surface area contributed by atoms with E-state index < -0.39 is 6.09 Å². The van der Waals surface area contributed by atoms with Crippen LogP contribution in [-0.2, 0) is 0 Å². The van der Waals surface area contributed by atoms with Crippen LogP contribution in [0.2, 0.25) is 0 Å². The minimum absolute atomic E-state index is 0.469. The minimum Gasteiger partial charge on any atom is -0.465 e. The van der Waals surface area contributed by atoms with Crippen molar-refractivity contribution in [1.29, 1.82) is 5.26 Å². The molecule has 0 atom stereocenters. The second-order valence-corrected chi connectivity index (χ2v) is 4.95. The van der Waals surface area contributed by atoms with E-state index in [2.05, 4.69) is 22.0 Å². The van der Waals surface area contributed by atoms with Gasteiger partial charge in [0.05, 0.1) is 11.3 Å². The Kier molecular flexibility index (Phi) is 3.72. The van der Waals surface area contributed by atoms with E-state index in [0.717, 1.165) is 10.2 Å². The summed E-state index contributed by atoms with van der Waals surface area (Å²) in [5.74, 6) is 0. The molecule has 94 valence electrons. The van der Waals surface area contributed by atoms with E-state index in [1.165, 1.54) is 4.90 Å². The lowest BCUT2D eigenvalue weighted by molar-refractivity contribution is 0.142. The molecule has 1 saturated heterocycles. The standard InChI is InChI=1S/C12H12BrN3O2/c13-10-1-2-11(9(7-10)8-14)15-3-5-16(6-4-15)12(17)18/h1-2,7H,3-6H2,(H,17,18). The number of amides is 1. The van der Waals surface area contributed by atoms with Crippen LogP contribution >= 0.6 is 15.9 Å². The Morgan fingerprint density at radius 2 is 2.00 bits per heavy atom. The Balaban J connectivity index is 2.15. The second-order valence-electron chi connectivity index (χ2n) is 4.03. The van der Waals surface area contributed by atoms with E-state index in [4.69, 9.17) is 10.4 Å². The molecule has 1 fully saturated rings. The number of hydrogen-bond acceptors (Lipinski definition) is 3. The first-order valence-electron chi connectivity index (χ1n) is 5.54. The summed E-state index contributed by atoms with van der Waals surface area (Å²) < 4.78 is 0.868. The maximum Gasteiger partial charge on any atom is 0.407 e. The molecule has 0 aliphatic carbocycles. The fourth-order valence-electron chi connectivity index (χ4n) is 2.01. The second kappa shape index (κ2) is 5.27. The number of anilines is 1. The zero-order valence-electron chi connectivity index (χ0n) is 9.64. The van der Waals surface area contributed by atoms with Gasteiger partial charge in [-0.3, -0.25) is 0 Å². The van der Waals surface area contributed by atoms with Crippen LogP contribution in [0.25, 0.3) is 0 Å². The molecule has 0 bridgehead atoms. The Hall–Kier alpha value is -1.74. The van der Waals surface area contributed by atoms with Gasteiger partial charge in [-0.15, -0.1) is 0 Å². The molecule has 0 saturated carbocycles. The first-order chi connectivity index (χ1) is 8.61. The molecule has 1 aromatic carbocycles. The first kappa shape index (κ1) is 12.7. The zero-order chi connectivity index (χ0) is 13.1. The van der Waals surface area contributed by atoms with Crippen molar-refractivity contribution >= 4 is 27.7 Å². The van der Waals surface area contributed by atoms with Crippen molar-refractivity contribution in [2.75, 3.05) is 31.1 Å². The molecule has 1 heterocycles. The van der Waals surface area contributed by atoms with E-state index in [9.17, 15) is 4.79 Å². The lowest BCUT2D eigenvalue weighted by Gasteiger charge is -2.35. The molecule has 0 aromatic heterocycles. The zero-order valence-corrected chi connectivity index (χ0v) is 11.2. The Morgan fingerprint density at radius 3 is 2.56 bits per heavy atom. The molecule has 0 spiro atoms. The van der Waals surface area contributed by atoms with Gasteiger partial charge < -0.3 is 14.9 Å².